The molecule has 1 aliphatic heterocycles. The van der Waals surface area contributed by atoms with Gasteiger partial charge in [-0.05, 0) is 18.9 Å². The van der Waals surface area contributed by atoms with Crippen LogP contribution < -0.4 is 0 Å². The zero-order chi connectivity index (χ0) is 9.97. The largest absolute Gasteiger partial charge is 0.453 e. The van der Waals surface area contributed by atoms with E-state index in [1.54, 1.807) is 12.5 Å². The average molecular weight is 192 g/mol. The van der Waals surface area contributed by atoms with Gasteiger partial charge in [0.25, 0.3) is 5.79 Å². The van der Waals surface area contributed by atoms with Gasteiger partial charge in [0.15, 0.2) is 5.78 Å². The smallest absolute Gasteiger partial charge is 0.274 e. The summed E-state index contributed by atoms with van der Waals surface area (Å²) in [5.41, 5.74) is 0.509. The van der Waals surface area contributed by atoms with E-state index in [9.17, 15) is 4.79 Å². The molecule has 3 nitrogen and oxygen atoms in total. The maximum atomic E-state index is 11.8. The highest BCUT2D eigenvalue weighted by Gasteiger charge is 2.70. The molecule has 3 aliphatic rings. The molecule has 0 radical (unpaired) electrons. The second kappa shape index (κ2) is 2.05. The van der Waals surface area contributed by atoms with Crippen molar-refractivity contribution >= 4 is 5.78 Å². The maximum Gasteiger partial charge on any atom is 0.274 e. The van der Waals surface area contributed by atoms with E-state index in [1.165, 1.54) is 0 Å². The van der Waals surface area contributed by atoms with E-state index in [0.717, 1.165) is 12.0 Å². The molecule has 0 saturated heterocycles. The van der Waals surface area contributed by atoms with Crippen LogP contribution in [0.25, 0.3) is 0 Å². The van der Waals surface area contributed by atoms with Gasteiger partial charge in [0.1, 0.15) is 12.5 Å². The van der Waals surface area contributed by atoms with Crippen molar-refractivity contribution in [3.05, 3.63) is 24.2 Å². The third-order valence-corrected chi connectivity index (χ3v) is 3.58. The molecule has 0 aromatic carbocycles. The van der Waals surface area contributed by atoms with Gasteiger partial charge in [-0.1, -0.05) is 6.92 Å². The Morgan fingerprint density at radius 2 is 2.07 bits per heavy atom. The number of allylic oxidation sites excluding steroid dienone is 1. The topological polar surface area (TPSA) is 35.5 Å². The molecule has 0 bridgehead atoms. The molecule has 1 heterocycles. The van der Waals surface area contributed by atoms with Crippen LogP contribution in [-0.4, -0.2) is 11.6 Å². The van der Waals surface area contributed by atoms with Crippen LogP contribution in [0.3, 0.4) is 0 Å². The summed E-state index contributed by atoms with van der Waals surface area (Å²) in [5, 5.41) is 0. The Bertz CT molecular complexity index is 372. The van der Waals surface area contributed by atoms with Crippen LogP contribution in [-0.2, 0) is 14.3 Å². The Balaban J connectivity index is 2.07. The summed E-state index contributed by atoms with van der Waals surface area (Å²) >= 11 is 0. The lowest BCUT2D eigenvalue weighted by atomic mass is 9.85. The summed E-state index contributed by atoms with van der Waals surface area (Å²) in [7, 11) is 0. The molecule has 0 aromatic heterocycles. The number of ether oxygens (including phenoxy) is 2. The highest BCUT2D eigenvalue weighted by molar-refractivity contribution is 6.03. The van der Waals surface area contributed by atoms with E-state index >= 15 is 0 Å². The fraction of sp³-hybridized carbons (Fsp3) is 0.545. The summed E-state index contributed by atoms with van der Waals surface area (Å²) in [6.07, 6.45) is 5.78. The minimum atomic E-state index is -0.674. The molecule has 74 valence electrons. The van der Waals surface area contributed by atoms with Crippen molar-refractivity contribution in [2.45, 2.75) is 26.1 Å². The normalized spacial score (nSPS) is 41.4. The predicted molar refractivity (Wildman–Crippen MR) is 49.0 cm³/mol. The molecule has 0 amide bonds. The van der Waals surface area contributed by atoms with Crippen molar-refractivity contribution in [3.8, 4) is 0 Å². The number of Topliss-reactive ketones (excluding diaryl/α,β-unsaturated/α-hetero) is 1. The van der Waals surface area contributed by atoms with Gasteiger partial charge in [-0.25, -0.2) is 0 Å². The molecular weight excluding hydrogens is 180 g/mol. The summed E-state index contributed by atoms with van der Waals surface area (Å²) in [6.45, 7) is 3.82. The zero-order valence-corrected chi connectivity index (χ0v) is 8.24. The van der Waals surface area contributed by atoms with Crippen molar-refractivity contribution in [2.75, 3.05) is 0 Å². The summed E-state index contributed by atoms with van der Waals surface area (Å²) in [5.74, 6) is -0.249. The number of fused-ring (bicyclic) bond motifs is 2. The fourth-order valence-electron chi connectivity index (χ4n) is 2.65. The second-order valence-electron chi connectivity index (χ2n) is 4.56. The van der Waals surface area contributed by atoms with Crippen LogP contribution >= 0.6 is 0 Å². The van der Waals surface area contributed by atoms with E-state index < -0.39 is 5.79 Å². The van der Waals surface area contributed by atoms with Gasteiger partial charge in [0.2, 0.25) is 0 Å². The van der Waals surface area contributed by atoms with Gasteiger partial charge >= 0.3 is 0 Å². The molecule has 2 aliphatic carbocycles. The maximum absolute atomic E-state index is 11.8. The van der Waals surface area contributed by atoms with Crippen molar-refractivity contribution in [1.82, 2.24) is 0 Å². The first kappa shape index (κ1) is 8.09. The van der Waals surface area contributed by atoms with Crippen molar-refractivity contribution < 1.29 is 14.3 Å². The Morgan fingerprint density at radius 1 is 1.43 bits per heavy atom. The second-order valence-corrected chi connectivity index (χ2v) is 4.56. The molecular formula is C11H12O3. The SMILES string of the molecule is CC1=CC2(OC=CO2)C2CC2(C)C1=O. The van der Waals surface area contributed by atoms with Crippen LogP contribution in [0.4, 0.5) is 0 Å². The first-order valence-electron chi connectivity index (χ1n) is 4.83. The number of carbonyl (C=O) groups excluding carboxylic acids is 1. The number of ketones is 1. The van der Waals surface area contributed by atoms with E-state index in [2.05, 4.69) is 0 Å². The van der Waals surface area contributed by atoms with Crippen LogP contribution in [0.15, 0.2) is 24.2 Å². The molecule has 1 spiro atoms. The molecule has 1 fully saturated rings. The molecule has 2 atom stereocenters. The monoisotopic (exact) mass is 192 g/mol. The number of hydrogen-bond acceptors (Lipinski definition) is 3. The van der Waals surface area contributed by atoms with Gasteiger partial charge in [-0.15, -0.1) is 0 Å². The highest BCUT2D eigenvalue weighted by atomic mass is 16.7. The Labute approximate surface area is 82.4 Å². The van der Waals surface area contributed by atoms with E-state index in [4.69, 9.17) is 9.47 Å². The van der Waals surface area contributed by atoms with Gasteiger partial charge in [0.05, 0.1) is 5.92 Å². The average Bonchev–Trinajstić information content (AvgIpc) is 2.67. The number of rotatable bonds is 0. The van der Waals surface area contributed by atoms with Gasteiger partial charge < -0.3 is 9.47 Å². The molecule has 0 aromatic rings. The van der Waals surface area contributed by atoms with Crippen molar-refractivity contribution in [1.29, 1.82) is 0 Å². The summed E-state index contributed by atoms with van der Waals surface area (Å²) < 4.78 is 11.0. The minimum absolute atomic E-state index is 0.182. The van der Waals surface area contributed by atoms with Crippen molar-refractivity contribution in [3.63, 3.8) is 0 Å². The molecule has 3 heteroatoms. The number of carbonyl (C=O) groups is 1. The standard InChI is InChI=1S/C11H12O3/c1-7-5-11(13-3-4-14-11)8-6-10(8,2)9(7)12/h3-5,8H,6H2,1-2H3. The Kier molecular flexibility index (Phi) is 1.18. The van der Waals surface area contributed by atoms with Crippen LogP contribution in [0.5, 0.6) is 0 Å². The van der Waals surface area contributed by atoms with E-state index in [0.29, 0.717) is 0 Å². The van der Waals surface area contributed by atoms with Gasteiger partial charge in [0, 0.05) is 11.5 Å². The first-order chi connectivity index (χ1) is 6.58. The lowest BCUT2D eigenvalue weighted by molar-refractivity contribution is -0.142. The summed E-state index contributed by atoms with van der Waals surface area (Å²) in [6, 6.07) is 0. The third kappa shape index (κ3) is 0.717. The Morgan fingerprint density at radius 3 is 2.71 bits per heavy atom. The lowest BCUT2D eigenvalue weighted by Crippen LogP contribution is -2.39. The van der Waals surface area contributed by atoms with Crippen LogP contribution in [0, 0.1) is 11.3 Å². The van der Waals surface area contributed by atoms with Gasteiger partial charge in [-0.2, -0.15) is 0 Å². The van der Waals surface area contributed by atoms with E-state index in [1.807, 2.05) is 19.9 Å². The molecule has 3 rings (SSSR count). The van der Waals surface area contributed by atoms with Crippen LogP contribution in [0.1, 0.15) is 20.3 Å². The minimum Gasteiger partial charge on any atom is -0.453 e. The molecule has 14 heavy (non-hydrogen) atoms. The van der Waals surface area contributed by atoms with Crippen LogP contribution in [0.2, 0.25) is 0 Å². The quantitative estimate of drug-likeness (QED) is 0.586. The first-order valence-corrected chi connectivity index (χ1v) is 4.83. The lowest BCUT2D eigenvalue weighted by Gasteiger charge is -2.30. The third-order valence-electron chi connectivity index (χ3n) is 3.58. The highest BCUT2D eigenvalue weighted by Crippen LogP contribution is 2.64. The molecule has 0 N–H and O–H groups in total. The van der Waals surface area contributed by atoms with Crippen molar-refractivity contribution in [2.24, 2.45) is 11.3 Å². The fourth-order valence-corrected chi connectivity index (χ4v) is 2.65. The summed E-state index contributed by atoms with van der Waals surface area (Å²) in [4.78, 5) is 11.8. The Hall–Kier alpha value is -1.25. The molecule has 2 unspecified atom stereocenters. The predicted octanol–water partition coefficient (Wildman–Crippen LogP) is 1.76. The van der Waals surface area contributed by atoms with Gasteiger partial charge in [-0.3, -0.25) is 4.79 Å². The zero-order valence-electron chi connectivity index (χ0n) is 8.24. The molecule has 1 saturated carbocycles. The number of hydrogen-bond donors (Lipinski definition) is 0. The van der Waals surface area contributed by atoms with E-state index in [-0.39, 0.29) is 17.1 Å².